The van der Waals surface area contributed by atoms with Crippen LogP contribution in [0.1, 0.15) is 23.2 Å². The Balaban J connectivity index is 2.29. The number of nitrogens with zero attached hydrogens (tertiary/aromatic N) is 2. The van der Waals surface area contributed by atoms with Crippen molar-refractivity contribution in [1.82, 2.24) is 4.90 Å². The maximum Gasteiger partial charge on any atom is 0.308 e. The second-order valence-electron chi connectivity index (χ2n) is 4.85. The molecule has 0 spiro atoms. The summed E-state index contributed by atoms with van der Waals surface area (Å²) in [6.07, 6.45) is 1.05. The lowest BCUT2D eigenvalue weighted by molar-refractivity contribution is -0.385. The van der Waals surface area contributed by atoms with E-state index in [0.29, 0.717) is 19.4 Å². The van der Waals surface area contributed by atoms with Gasteiger partial charge >= 0.3 is 5.97 Å². The third-order valence-corrected chi connectivity index (χ3v) is 3.68. The molecule has 2 rings (SSSR count). The number of halogens is 1. The zero-order valence-electron chi connectivity index (χ0n) is 11.0. The van der Waals surface area contributed by atoms with Crippen LogP contribution >= 0.6 is 11.6 Å². The van der Waals surface area contributed by atoms with Gasteiger partial charge in [-0.25, -0.2) is 0 Å². The molecular formula is C13H13ClN2O5. The van der Waals surface area contributed by atoms with E-state index in [0.717, 1.165) is 0 Å². The number of nitro benzene ring substituents is 1. The molecule has 1 aliphatic rings. The van der Waals surface area contributed by atoms with Crippen molar-refractivity contribution >= 4 is 29.2 Å². The molecule has 112 valence electrons. The summed E-state index contributed by atoms with van der Waals surface area (Å²) in [5, 5.41) is 20.2. The minimum Gasteiger partial charge on any atom is -0.481 e. The highest BCUT2D eigenvalue weighted by atomic mass is 35.5. The second kappa shape index (κ2) is 6.09. The fourth-order valence-electron chi connectivity index (χ4n) is 2.37. The van der Waals surface area contributed by atoms with E-state index >= 15 is 0 Å². The van der Waals surface area contributed by atoms with Crippen LogP contribution in [0.3, 0.4) is 0 Å². The van der Waals surface area contributed by atoms with Crippen LogP contribution in [0.15, 0.2) is 18.2 Å². The van der Waals surface area contributed by atoms with Crippen LogP contribution in [0.25, 0.3) is 0 Å². The molecule has 0 saturated carbocycles. The Morgan fingerprint density at radius 2 is 2.14 bits per heavy atom. The van der Waals surface area contributed by atoms with Crippen LogP contribution in [-0.4, -0.2) is 39.9 Å². The normalized spacial score (nSPS) is 18.3. The highest BCUT2D eigenvalue weighted by molar-refractivity contribution is 6.31. The van der Waals surface area contributed by atoms with Gasteiger partial charge in [0.25, 0.3) is 11.6 Å². The molecule has 1 saturated heterocycles. The number of hydrogen-bond donors (Lipinski definition) is 1. The zero-order chi connectivity index (χ0) is 15.6. The molecule has 0 radical (unpaired) electrons. The smallest absolute Gasteiger partial charge is 0.308 e. The van der Waals surface area contributed by atoms with E-state index in [1.165, 1.54) is 23.1 Å². The van der Waals surface area contributed by atoms with Crippen molar-refractivity contribution in [3.8, 4) is 0 Å². The number of amides is 1. The van der Waals surface area contributed by atoms with Gasteiger partial charge in [0.15, 0.2) is 0 Å². The van der Waals surface area contributed by atoms with Gasteiger partial charge in [0.2, 0.25) is 0 Å². The second-order valence-corrected chi connectivity index (χ2v) is 5.28. The van der Waals surface area contributed by atoms with Gasteiger partial charge in [0, 0.05) is 24.2 Å². The number of carboxylic acid groups (broad SMARTS) is 1. The zero-order valence-corrected chi connectivity index (χ0v) is 11.7. The molecule has 7 nitrogen and oxygen atoms in total. The molecule has 0 aromatic heterocycles. The monoisotopic (exact) mass is 312 g/mol. The van der Waals surface area contributed by atoms with Crippen LogP contribution in [0.4, 0.5) is 5.69 Å². The molecule has 1 aliphatic heterocycles. The number of benzene rings is 1. The third kappa shape index (κ3) is 3.30. The maximum atomic E-state index is 12.4. The molecule has 0 aliphatic carbocycles. The lowest BCUT2D eigenvalue weighted by atomic mass is 9.97. The minimum absolute atomic E-state index is 0.0534. The molecule has 8 heteroatoms. The Bertz CT molecular complexity index is 604. The molecule has 0 bridgehead atoms. The Labute approximate surface area is 125 Å². The number of carbonyl (C=O) groups is 2. The van der Waals surface area contributed by atoms with Crippen molar-refractivity contribution in [1.29, 1.82) is 0 Å². The van der Waals surface area contributed by atoms with Gasteiger partial charge < -0.3 is 10.0 Å². The predicted octanol–water partition coefficient (Wildman–Crippen LogP) is 2.19. The first-order valence-electron chi connectivity index (χ1n) is 6.36. The maximum absolute atomic E-state index is 12.4. The summed E-state index contributed by atoms with van der Waals surface area (Å²) < 4.78 is 0. The summed E-state index contributed by atoms with van der Waals surface area (Å²) in [6, 6.07) is 3.76. The average molecular weight is 313 g/mol. The standard InChI is InChI=1S/C13H13ClN2O5/c14-9-3-4-11(16(20)21)10(6-9)12(17)15-5-1-2-8(7-15)13(18)19/h3-4,6,8H,1-2,5,7H2,(H,18,19)/t8-/m1/s1. The number of carboxylic acids is 1. The van der Waals surface area contributed by atoms with Gasteiger partial charge in [-0.15, -0.1) is 0 Å². The summed E-state index contributed by atoms with van der Waals surface area (Å²) in [5.41, 5.74) is -0.444. The molecule has 0 unspecified atom stereocenters. The summed E-state index contributed by atoms with van der Waals surface area (Å²) in [6.45, 7) is 0.435. The van der Waals surface area contributed by atoms with Crippen molar-refractivity contribution in [3.63, 3.8) is 0 Å². The van der Waals surface area contributed by atoms with Crippen LogP contribution in [0.5, 0.6) is 0 Å². The van der Waals surface area contributed by atoms with E-state index < -0.39 is 22.7 Å². The Kier molecular flexibility index (Phi) is 4.42. The molecule has 1 aromatic rings. The molecule has 1 heterocycles. The largest absolute Gasteiger partial charge is 0.481 e. The van der Waals surface area contributed by atoms with Gasteiger partial charge in [0.1, 0.15) is 5.56 Å². The number of piperidine rings is 1. The van der Waals surface area contributed by atoms with Crippen LogP contribution in [0, 0.1) is 16.0 Å². The molecule has 1 N–H and O–H groups in total. The number of aliphatic carboxylic acids is 1. The quantitative estimate of drug-likeness (QED) is 0.681. The highest BCUT2D eigenvalue weighted by Crippen LogP contribution is 2.26. The van der Waals surface area contributed by atoms with E-state index in [9.17, 15) is 19.7 Å². The van der Waals surface area contributed by atoms with E-state index in [1.807, 2.05) is 0 Å². The number of nitro groups is 1. The van der Waals surface area contributed by atoms with Crippen LogP contribution in [0.2, 0.25) is 5.02 Å². The van der Waals surface area contributed by atoms with Gasteiger partial charge in [-0.1, -0.05) is 11.6 Å². The van der Waals surface area contributed by atoms with Crippen LogP contribution in [-0.2, 0) is 4.79 Å². The summed E-state index contributed by atoms with van der Waals surface area (Å²) in [7, 11) is 0. The Hall–Kier alpha value is -2.15. The van der Waals surface area contributed by atoms with Gasteiger partial charge in [-0.3, -0.25) is 19.7 Å². The van der Waals surface area contributed by atoms with E-state index in [2.05, 4.69) is 0 Å². The molecule has 1 atom stereocenters. The first-order chi connectivity index (χ1) is 9.90. The third-order valence-electron chi connectivity index (χ3n) is 3.44. The summed E-state index contributed by atoms with van der Waals surface area (Å²) in [5.74, 6) is -2.16. The average Bonchev–Trinajstić information content (AvgIpc) is 2.46. The first kappa shape index (κ1) is 15.2. The van der Waals surface area contributed by atoms with Gasteiger partial charge in [0.05, 0.1) is 10.8 Å². The number of likely N-dealkylation sites (tertiary alicyclic amines) is 1. The first-order valence-corrected chi connectivity index (χ1v) is 6.74. The molecule has 1 amide bonds. The molecule has 1 fully saturated rings. The predicted molar refractivity (Wildman–Crippen MR) is 74.4 cm³/mol. The van der Waals surface area contributed by atoms with Crippen molar-refractivity contribution in [2.75, 3.05) is 13.1 Å². The lowest BCUT2D eigenvalue weighted by Crippen LogP contribution is -2.42. The van der Waals surface area contributed by atoms with Crippen molar-refractivity contribution in [3.05, 3.63) is 38.9 Å². The highest BCUT2D eigenvalue weighted by Gasteiger charge is 2.31. The summed E-state index contributed by atoms with van der Waals surface area (Å²) in [4.78, 5) is 35.1. The minimum atomic E-state index is -0.965. The topological polar surface area (TPSA) is 101 Å². The van der Waals surface area contributed by atoms with Crippen molar-refractivity contribution in [2.45, 2.75) is 12.8 Å². The number of carbonyl (C=O) groups excluding carboxylic acids is 1. The Morgan fingerprint density at radius 3 is 2.76 bits per heavy atom. The molecule has 1 aromatic carbocycles. The van der Waals surface area contributed by atoms with Gasteiger partial charge in [-0.2, -0.15) is 0 Å². The lowest BCUT2D eigenvalue weighted by Gasteiger charge is -2.30. The SMILES string of the molecule is O=C(O)[C@@H]1CCCN(C(=O)c2cc(Cl)ccc2[N+](=O)[O-])C1. The molecular weight excluding hydrogens is 300 g/mol. The van der Waals surface area contributed by atoms with Crippen molar-refractivity contribution < 1.29 is 19.6 Å². The Morgan fingerprint density at radius 1 is 1.43 bits per heavy atom. The van der Waals surface area contributed by atoms with E-state index in [1.54, 1.807) is 0 Å². The number of hydrogen-bond acceptors (Lipinski definition) is 4. The van der Waals surface area contributed by atoms with Gasteiger partial charge in [-0.05, 0) is 25.0 Å². The number of rotatable bonds is 3. The fourth-order valence-corrected chi connectivity index (χ4v) is 2.54. The molecule has 21 heavy (non-hydrogen) atoms. The fraction of sp³-hybridized carbons (Fsp3) is 0.385. The van der Waals surface area contributed by atoms with E-state index in [-0.39, 0.29) is 22.8 Å². The van der Waals surface area contributed by atoms with Crippen LogP contribution < -0.4 is 0 Å². The van der Waals surface area contributed by atoms with E-state index in [4.69, 9.17) is 16.7 Å². The van der Waals surface area contributed by atoms with Crippen molar-refractivity contribution in [2.24, 2.45) is 5.92 Å². The summed E-state index contributed by atoms with van der Waals surface area (Å²) >= 11 is 5.80.